The van der Waals surface area contributed by atoms with Gasteiger partial charge in [-0.15, -0.1) is 0 Å². The van der Waals surface area contributed by atoms with Gasteiger partial charge < -0.3 is 9.32 Å². The average molecular weight is 415 g/mol. The second-order valence-electron chi connectivity index (χ2n) is 7.77. The molecule has 0 unspecified atom stereocenters. The highest BCUT2D eigenvalue weighted by atomic mass is 16.3. The van der Waals surface area contributed by atoms with E-state index < -0.39 is 0 Å². The highest BCUT2D eigenvalue weighted by molar-refractivity contribution is 5.83. The van der Waals surface area contributed by atoms with E-state index in [1.807, 2.05) is 45.2 Å². The number of para-hydroxylation sites is 1. The molecule has 0 atom stereocenters. The highest BCUT2D eigenvalue weighted by Crippen LogP contribution is 2.27. The van der Waals surface area contributed by atoms with E-state index in [9.17, 15) is 10.1 Å². The van der Waals surface area contributed by atoms with Crippen LogP contribution in [0.15, 0.2) is 34.9 Å². The first-order chi connectivity index (χ1) is 14.9. The summed E-state index contributed by atoms with van der Waals surface area (Å²) in [6, 6.07) is 10.1. The third-order valence-corrected chi connectivity index (χ3v) is 5.84. The van der Waals surface area contributed by atoms with Crippen molar-refractivity contribution in [3.05, 3.63) is 64.3 Å². The molecule has 31 heavy (non-hydrogen) atoms. The Balaban J connectivity index is 1.51. The molecule has 0 saturated carbocycles. The molecule has 4 aromatic rings. The Kier molecular flexibility index (Phi) is 5.47. The molecule has 0 aliphatic carbocycles. The summed E-state index contributed by atoms with van der Waals surface area (Å²) >= 11 is 0. The molecule has 4 rings (SSSR count). The number of furan rings is 1. The van der Waals surface area contributed by atoms with Crippen molar-refractivity contribution in [3.8, 4) is 6.07 Å². The molecule has 0 bridgehead atoms. The summed E-state index contributed by atoms with van der Waals surface area (Å²) in [4.78, 5) is 19.2. The first kappa shape index (κ1) is 20.6. The number of benzene rings is 1. The van der Waals surface area contributed by atoms with Crippen molar-refractivity contribution in [2.75, 3.05) is 7.05 Å². The maximum atomic E-state index is 12.9. The highest BCUT2D eigenvalue weighted by Gasteiger charge is 2.19. The Hall–Kier alpha value is -3.66. The van der Waals surface area contributed by atoms with Crippen molar-refractivity contribution < 1.29 is 9.21 Å². The van der Waals surface area contributed by atoms with Gasteiger partial charge in [-0.05, 0) is 31.9 Å². The minimum Gasteiger partial charge on any atom is -0.461 e. The summed E-state index contributed by atoms with van der Waals surface area (Å²) in [5.74, 6) is 0.985. The minimum atomic E-state index is 0.0596. The van der Waals surface area contributed by atoms with E-state index in [0.717, 1.165) is 45.7 Å². The van der Waals surface area contributed by atoms with Crippen LogP contribution in [0.4, 0.5) is 0 Å². The van der Waals surface area contributed by atoms with Crippen LogP contribution in [0.2, 0.25) is 0 Å². The number of aryl methyl sites for hydroxylation is 3. The summed E-state index contributed by atoms with van der Waals surface area (Å²) in [5.41, 5.74) is 5.67. The van der Waals surface area contributed by atoms with Gasteiger partial charge >= 0.3 is 0 Å². The second-order valence-corrected chi connectivity index (χ2v) is 7.77. The van der Waals surface area contributed by atoms with Crippen LogP contribution in [0.1, 0.15) is 47.2 Å². The van der Waals surface area contributed by atoms with E-state index in [4.69, 9.17) is 4.42 Å². The Morgan fingerprint density at radius 1 is 1.26 bits per heavy atom. The van der Waals surface area contributed by atoms with Crippen LogP contribution in [-0.2, 0) is 24.2 Å². The van der Waals surface area contributed by atoms with Gasteiger partial charge in [0.25, 0.3) is 0 Å². The summed E-state index contributed by atoms with van der Waals surface area (Å²) in [7, 11) is 1.83. The lowest BCUT2D eigenvalue weighted by Gasteiger charge is -2.18. The maximum absolute atomic E-state index is 12.9. The Morgan fingerprint density at radius 2 is 2.03 bits per heavy atom. The number of rotatable bonds is 6. The van der Waals surface area contributed by atoms with E-state index in [-0.39, 0.29) is 5.91 Å². The summed E-state index contributed by atoms with van der Waals surface area (Å²) < 4.78 is 7.64. The van der Waals surface area contributed by atoms with Gasteiger partial charge in [0, 0.05) is 48.8 Å². The summed E-state index contributed by atoms with van der Waals surface area (Å²) in [5, 5.41) is 14.6. The van der Waals surface area contributed by atoms with Gasteiger partial charge in [-0.1, -0.05) is 25.1 Å². The molecule has 3 aromatic heterocycles. The SMILES string of the molecule is CCc1oc2ccccc2c1CN(C)C(=O)CCc1c(C)nc2c(C#N)cnn2c1C. The third kappa shape index (κ3) is 3.66. The predicted octanol–water partition coefficient (Wildman–Crippen LogP) is 4.12. The Morgan fingerprint density at radius 3 is 2.77 bits per heavy atom. The molecule has 0 fully saturated rings. The number of fused-ring (bicyclic) bond motifs is 2. The second kappa shape index (κ2) is 8.23. The van der Waals surface area contributed by atoms with Gasteiger partial charge in [0.1, 0.15) is 23.0 Å². The van der Waals surface area contributed by atoms with E-state index in [1.165, 1.54) is 6.20 Å². The molecule has 1 amide bonds. The summed E-state index contributed by atoms with van der Waals surface area (Å²) in [6.07, 6.45) is 3.25. The first-order valence-corrected chi connectivity index (χ1v) is 10.4. The van der Waals surface area contributed by atoms with Gasteiger partial charge in [0.2, 0.25) is 5.91 Å². The molecule has 0 aliphatic heterocycles. The van der Waals surface area contributed by atoms with Gasteiger partial charge in [-0.25, -0.2) is 9.50 Å². The molecule has 7 nitrogen and oxygen atoms in total. The molecular weight excluding hydrogens is 390 g/mol. The van der Waals surface area contributed by atoms with Crippen molar-refractivity contribution in [3.63, 3.8) is 0 Å². The molecular formula is C24H25N5O2. The van der Waals surface area contributed by atoms with E-state index in [0.29, 0.717) is 30.6 Å². The monoisotopic (exact) mass is 415 g/mol. The number of amides is 1. The molecule has 7 heteroatoms. The Bertz CT molecular complexity index is 1330. The smallest absolute Gasteiger partial charge is 0.222 e. The van der Waals surface area contributed by atoms with E-state index >= 15 is 0 Å². The minimum absolute atomic E-state index is 0.0596. The van der Waals surface area contributed by atoms with Crippen LogP contribution in [0.3, 0.4) is 0 Å². The van der Waals surface area contributed by atoms with Gasteiger partial charge in [0.15, 0.2) is 5.65 Å². The third-order valence-electron chi connectivity index (χ3n) is 5.84. The molecule has 0 aliphatic rings. The lowest BCUT2D eigenvalue weighted by Crippen LogP contribution is -2.27. The lowest BCUT2D eigenvalue weighted by atomic mass is 10.1. The molecule has 0 spiro atoms. The predicted molar refractivity (Wildman–Crippen MR) is 118 cm³/mol. The first-order valence-electron chi connectivity index (χ1n) is 10.4. The van der Waals surface area contributed by atoms with Crippen molar-refractivity contribution in [2.24, 2.45) is 0 Å². The van der Waals surface area contributed by atoms with Crippen LogP contribution in [-0.4, -0.2) is 32.5 Å². The van der Waals surface area contributed by atoms with Crippen molar-refractivity contribution in [1.29, 1.82) is 5.26 Å². The van der Waals surface area contributed by atoms with Crippen molar-refractivity contribution in [1.82, 2.24) is 19.5 Å². The largest absolute Gasteiger partial charge is 0.461 e. The number of carbonyl (C=O) groups excluding carboxylic acids is 1. The molecule has 3 heterocycles. The Labute approximate surface area is 180 Å². The zero-order valence-electron chi connectivity index (χ0n) is 18.3. The molecule has 158 valence electrons. The number of aromatic nitrogens is 3. The van der Waals surface area contributed by atoms with Crippen LogP contribution < -0.4 is 0 Å². The van der Waals surface area contributed by atoms with Gasteiger partial charge in [-0.2, -0.15) is 10.4 Å². The zero-order chi connectivity index (χ0) is 22.1. The van der Waals surface area contributed by atoms with Crippen molar-refractivity contribution >= 4 is 22.5 Å². The van der Waals surface area contributed by atoms with Gasteiger partial charge in [-0.3, -0.25) is 4.79 Å². The fraction of sp³-hybridized carbons (Fsp3) is 0.333. The molecule has 0 saturated heterocycles. The zero-order valence-corrected chi connectivity index (χ0v) is 18.3. The van der Waals surface area contributed by atoms with E-state index in [1.54, 1.807) is 9.42 Å². The number of nitrogens with zero attached hydrogens (tertiary/aromatic N) is 5. The summed E-state index contributed by atoms with van der Waals surface area (Å²) in [6.45, 7) is 6.43. The van der Waals surface area contributed by atoms with Crippen LogP contribution in [0.25, 0.3) is 16.6 Å². The normalized spacial score (nSPS) is 11.2. The number of nitriles is 1. The fourth-order valence-electron chi connectivity index (χ4n) is 4.11. The number of hydrogen-bond acceptors (Lipinski definition) is 5. The van der Waals surface area contributed by atoms with Crippen LogP contribution >= 0.6 is 0 Å². The molecule has 0 N–H and O–H groups in total. The number of hydrogen-bond donors (Lipinski definition) is 0. The number of carbonyl (C=O) groups is 1. The average Bonchev–Trinajstić information content (AvgIpc) is 3.34. The molecule has 1 aromatic carbocycles. The van der Waals surface area contributed by atoms with Crippen LogP contribution in [0, 0.1) is 25.2 Å². The lowest BCUT2D eigenvalue weighted by molar-refractivity contribution is -0.130. The van der Waals surface area contributed by atoms with Crippen molar-refractivity contribution in [2.45, 2.75) is 46.6 Å². The van der Waals surface area contributed by atoms with Crippen LogP contribution in [0.5, 0.6) is 0 Å². The van der Waals surface area contributed by atoms with E-state index in [2.05, 4.69) is 23.1 Å². The quantitative estimate of drug-likeness (QED) is 0.473. The maximum Gasteiger partial charge on any atom is 0.222 e. The topological polar surface area (TPSA) is 87.4 Å². The van der Waals surface area contributed by atoms with Gasteiger partial charge in [0.05, 0.1) is 6.20 Å². The fourth-order valence-corrected chi connectivity index (χ4v) is 4.11. The molecule has 0 radical (unpaired) electrons. The standard InChI is InChI=1S/C24H25N5O2/c1-5-21-20(19-8-6-7-9-22(19)31-21)14-28(4)23(30)11-10-18-15(2)27-24-17(12-25)13-26-29(24)16(18)3/h6-9,13H,5,10-11,14H2,1-4H3.